The number of amides is 1. The molecule has 0 bridgehead atoms. The van der Waals surface area contributed by atoms with E-state index in [9.17, 15) is 4.79 Å². The number of pyridine rings is 1. The first-order valence-corrected chi connectivity index (χ1v) is 10.9. The molecule has 0 fully saturated rings. The Morgan fingerprint density at radius 1 is 1.12 bits per heavy atom. The number of carbonyl (C=O) groups is 1. The molecular formula is C26H26N6O2. The Balaban J connectivity index is 1.57. The second-order valence-corrected chi connectivity index (χ2v) is 7.68. The molecule has 0 spiro atoms. The summed E-state index contributed by atoms with van der Waals surface area (Å²) in [4.78, 5) is 17.3. The maximum absolute atomic E-state index is 12.8. The second-order valence-electron chi connectivity index (χ2n) is 7.68. The van der Waals surface area contributed by atoms with E-state index in [1.165, 1.54) is 6.21 Å². The fourth-order valence-corrected chi connectivity index (χ4v) is 3.64. The van der Waals surface area contributed by atoms with Gasteiger partial charge in [0.05, 0.1) is 5.69 Å². The SMILES string of the molecule is CCc1cc(-c2cc(Oc3ccc(C=N)c(NC)c3)ccn2)ccc1C(=O)Nc1ccn(C)n1. The van der Waals surface area contributed by atoms with Crippen LogP contribution in [0, 0.1) is 5.41 Å². The van der Waals surface area contributed by atoms with E-state index >= 15 is 0 Å². The topological polar surface area (TPSA) is 105 Å². The van der Waals surface area contributed by atoms with E-state index in [1.807, 2.05) is 56.4 Å². The first kappa shape index (κ1) is 22.7. The molecule has 2 heterocycles. The number of nitrogens with one attached hydrogen (secondary N) is 3. The van der Waals surface area contributed by atoms with Crippen molar-refractivity contribution in [2.45, 2.75) is 13.3 Å². The summed E-state index contributed by atoms with van der Waals surface area (Å²) in [6.45, 7) is 2.01. The van der Waals surface area contributed by atoms with Crippen molar-refractivity contribution < 1.29 is 9.53 Å². The van der Waals surface area contributed by atoms with Crippen LogP contribution >= 0.6 is 0 Å². The molecule has 2 aromatic heterocycles. The lowest BCUT2D eigenvalue weighted by atomic mass is 9.99. The average molecular weight is 455 g/mol. The van der Waals surface area contributed by atoms with Gasteiger partial charge in [-0.25, -0.2) is 0 Å². The van der Waals surface area contributed by atoms with Gasteiger partial charge in [0.1, 0.15) is 11.5 Å². The van der Waals surface area contributed by atoms with E-state index < -0.39 is 0 Å². The minimum Gasteiger partial charge on any atom is -0.457 e. The monoisotopic (exact) mass is 454 g/mol. The summed E-state index contributed by atoms with van der Waals surface area (Å²) >= 11 is 0. The number of rotatable bonds is 8. The van der Waals surface area contributed by atoms with Crippen molar-refractivity contribution in [3.8, 4) is 22.8 Å². The third-order valence-electron chi connectivity index (χ3n) is 5.40. The summed E-state index contributed by atoms with van der Waals surface area (Å²) in [6, 6.07) is 16.6. The van der Waals surface area contributed by atoms with Crippen molar-refractivity contribution in [2.24, 2.45) is 7.05 Å². The maximum atomic E-state index is 12.8. The minimum absolute atomic E-state index is 0.194. The van der Waals surface area contributed by atoms with E-state index in [0.29, 0.717) is 29.3 Å². The molecule has 0 atom stereocenters. The molecule has 4 rings (SSSR count). The number of benzene rings is 2. The van der Waals surface area contributed by atoms with E-state index in [0.717, 1.165) is 28.1 Å². The van der Waals surface area contributed by atoms with E-state index in [-0.39, 0.29) is 5.91 Å². The van der Waals surface area contributed by atoms with E-state index in [4.69, 9.17) is 10.1 Å². The number of aromatic nitrogens is 3. The third-order valence-corrected chi connectivity index (χ3v) is 5.40. The predicted octanol–water partition coefficient (Wildman–Crippen LogP) is 5.13. The second kappa shape index (κ2) is 9.99. The van der Waals surface area contributed by atoms with Gasteiger partial charge in [-0.15, -0.1) is 0 Å². The lowest BCUT2D eigenvalue weighted by Gasteiger charge is -2.12. The Bertz CT molecular complexity index is 1340. The van der Waals surface area contributed by atoms with Gasteiger partial charge in [-0.05, 0) is 42.3 Å². The number of anilines is 2. The summed E-state index contributed by atoms with van der Waals surface area (Å²) < 4.78 is 7.68. The molecule has 0 unspecified atom stereocenters. The van der Waals surface area contributed by atoms with Crippen LogP contribution < -0.4 is 15.4 Å². The van der Waals surface area contributed by atoms with Gasteiger partial charge in [0.15, 0.2) is 5.82 Å². The molecule has 4 aromatic rings. The van der Waals surface area contributed by atoms with Gasteiger partial charge in [0.2, 0.25) is 0 Å². The Morgan fingerprint density at radius 2 is 1.94 bits per heavy atom. The van der Waals surface area contributed by atoms with Crippen LogP contribution in [0.1, 0.15) is 28.4 Å². The molecule has 3 N–H and O–H groups in total. The summed E-state index contributed by atoms with van der Waals surface area (Å²) in [6.07, 6.45) is 5.47. The van der Waals surface area contributed by atoms with Crippen LogP contribution in [-0.4, -0.2) is 33.9 Å². The van der Waals surface area contributed by atoms with Crippen LogP contribution in [0.25, 0.3) is 11.3 Å². The van der Waals surface area contributed by atoms with Gasteiger partial charge >= 0.3 is 0 Å². The first-order chi connectivity index (χ1) is 16.5. The largest absolute Gasteiger partial charge is 0.457 e. The smallest absolute Gasteiger partial charge is 0.257 e. The highest BCUT2D eigenvalue weighted by atomic mass is 16.5. The highest BCUT2D eigenvalue weighted by molar-refractivity contribution is 6.05. The fraction of sp³-hybridized carbons (Fsp3) is 0.154. The summed E-state index contributed by atoms with van der Waals surface area (Å²) in [7, 11) is 3.61. The van der Waals surface area contributed by atoms with Gasteiger partial charge in [0, 0.05) is 73.3 Å². The molecule has 0 radical (unpaired) electrons. The lowest BCUT2D eigenvalue weighted by Crippen LogP contribution is -2.14. The van der Waals surface area contributed by atoms with Crippen LogP contribution in [-0.2, 0) is 13.5 Å². The van der Waals surface area contributed by atoms with Crippen molar-refractivity contribution in [1.29, 1.82) is 5.41 Å². The van der Waals surface area contributed by atoms with Gasteiger partial charge in [0.25, 0.3) is 5.91 Å². The molecule has 2 aromatic carbocycles. The standard InChI is InChI=1S/C26H26N6O2/c1-4-17-13-18(6-8-22(17)26(33)30-25-10-12-32(3)31-25)24-15-21(9-11-29-24)34-20-7-5-19(16-27)23(14-20)28-2/h5-16,27-28H,4H2,1-3H3,(H,30,31,33). The molecule has 0 aliphatic heterocycles. The first-order valence-electron chi connectivity index (χ1n) is 10.9. The molecule has 8 nitrogen and oxygen atoms in total. The van der Waals surface area contributed by atoms with Crippen molar-refractivity contribution in [1.82, 2.24) is 14.8 Å². The Labute approximate surface area is 198 Å². The van der Waals surface area contributed by atoms with E-state index in [2.05, 4.69) is 20.7 Å². The Hall–Kier alpha value is -4.46. The molecule has 0 aliphatic rings. The summed E-state index contributed by atoms with van der Waals surface area (Å²) in [5.74, 6) is 1.62. The molecular weight excluding hydrogens is 428 g/mol. The summed E-state index contributed by atoms with van der Waals surface area (Å²) in [5.41, 5.74) is 4.76. The van der Waals surface area contributed by atoms with Crippen molar-refractivity contribution >= 4 is 23.6 Å². The third kappa shape index (κ3) is 4.96. The van der Waals surface area contributed by atoms with E-state index in [1.54, 1.807) is 36.3 Å². The normalized spacial score (nSPS) is 10.6. The average Bonchev–Trinajstić information content (AvgIpc) is 3.27. The van der Waals surface area contributed by atoms with Gasteiger partial charge in [-0.3, -0.25) is 14.5 Å². The molecule has 0 saturated carbocycles. The van der Waals surface area contributed by atoms with Crippen LogP contribution in [0.5, 0.6) is 11.5 Å². The predicted molar refractivity (Wildman–Crippen MR) is 134 cm³/mol. The number of ether oxygens (including phenoxy) is 1. The maximum Gasteiger partial charge on any atom is 0.257 e. The number of nitrogens with zero attached hydrogens (tertiary/aromatic N) is 3. The van der Waals surface area contributed by atoms with Gasteiger partial charge in [-0.1, -0.05) is 13.0 Å². The van der Waals surface area contributed by atoms with Crippen LogP contribution in [0.3, 0.4) is 0 Å². The molecule has 8 heteroatoms. The molecule has 0 aliphatic carbocycles. The zero-order chi connectivity index (χ0) is 24.1. The molecule has 172 valence electrons. The van der Waals surface area contributed by atoms with Crippen molar-refractivity contribution in [3.05, 3.63) is 83.7 Å². The van der Waals surface area contributed by atoms with Crippen molar-refractivity contribution in [2.75, 3.05) is 17.7 Å². The number of carbonyl (C=O) groups excluding carboxylic acids is 1. The molecule has 0 saturated heterocycles. The highest BCUT2D eigenvalue weighted by Crippen LogP contribution is 2.29. The van der Waals surface area contributed by atoms with Crippen LogP contribution in [0.4, 0.5) is 11.5 Å². The van der Waals surface area contributed by atoms with Crippen LogP contribution in [0.2, 0.25) is 0 Å². The number of hydrogen-bond donors (Lipinski definition) is 3. The Kier molecular flexibility index (Phi) is 6.68. The Morgan fingerprint density at radius 3 is 2.65 bits per heavy atom. The fourth-order valence-electron chi connectivity index (χ4n) is 3.64. The van der Waals surface area contributed by atoms with Crippen molar-refractivity contribution in [3.63, 3.8) is 0 Å². The zero-order valence-electron chi connectivity index (χ0n) is 19.3. The zero-order valence-corrected chi connectivity index (χ0v) is 19.3. The molecule has 34 heavy (non-hydrogen) atoms. The molecule has 1 amide bonds. The van der Waals surface area contributed by atoms with Gasteiger partial charge < -0.3 is 20.8 Å². The highest BCUT2D eigenvalue weighted by Gasteiger charge is 2.14. The quantitative estimate of drug-likeness (QED) is 0.320. The number of aryl methyl sites for hydroxylation is 2. The number of hydrogen-bond acceptors (Lipinski definition) is 6. The van der Waals surface area contributed by atoms with Crippen LogP contribution in [0.15, 0.2) is 67.0 Å². The summed E-state index contributed by atoms with van der Waals surface area (Å²) in [5, 5.41) is 17.6. The lowest BCUT2D eigenvalue weighted by molar-refractivity contribution is 0.102. The van der Waals surface area contributed by atoms with Gasteiger partial charge in [-0.2, -0.15) is 5.10 Å². The minimum atomic E-state index is -0.194.